The number of likely N-dealkylation sites (tertiary alicyclic amines) is 1. The number of nitrogens with zero attached hydrogens (tertiary/aromatic N) is 1. The van der Waals surface area contributed by atoms with E-state index in [1.54, 1.807) is 24.3 Å². The van der Waals surface area contributed by atoms with Gasteiger partial charge in [0.25, 0.3) is 0 Å². The number of ether oxygens (including phenoxy) is 2. The number of hydrogen-bond donors (Lipinski definition) is 3. The van der Waals surface area contributed by atoms with Gasteiger partial charge < -0.3 is 25.6 Å². The van der Waals surface area contributed by atoms with Gasteiger partial charge in [-0.1, -0.05) is 42.5 Å². The first-order chi connectivity index (χ1) is 23.0. The Kier molecular flexibility index (Phi) is 11.1. The lowest BCUT2D eigenvalue weighted by Crippen LogP contribution is -2.42. The number of thiophene rings is 1. The van der Waals surface area contributed by atoms with Crippen LogP contribution in [0.25, 0.3) is 20.5 Å². The molecule has 1 fully saturated rings. The first-order valence-electron chi connectivity index (χ1n) is 16.5. The number of fused-ring (bicyclic) bond motifs is 1. The molecular formula is C39H43N3O4S. The number of amides is 1. The van der Waals surface area contributed by atoms with E-state index in [9.17, 15) is 9.90 Å². The number of carbonyl (C=O) groups excluding carboxylic acids is 1. The fourth-order valence-electron chi connectivity index (χ4n) is 6.00. The summed E-state index contributed by atoms with van der Waals surface area (Å²) in [5, 5.41) is 13.6. The van der Waals surface area contributed by atoms with Crippen molar-refractivity contribution in [1.82, 2.24) is 10.2 Å². The lowest BCUT2D eigenvalue weighted by Gasteiger charge is -2.15. The second kappa shape index (κ2) is 16.0. The minimum Gasteiger partial charge on any atom is -0.508 e. The Morgan fingerprint density at radius 3 is 2.26 bits per heavy atom. The number of benzene rings is 4. The van der Waals surface area contributed by atoms with Crippen molar-refractivity contribution >= 4 is 27.3 Å². The van der Waals surface area contributed by atoms with E-state index in [0.717, 1.165) is 36.6 Å². The summed E-state index contributed by atoms with van der Waals surface area (Å²) in [5.74, 6) is 1.72. The van der Waals surface area contributed by atoms with Crippen LogP contribution in [0.15, 0.2) is 97.1 Å². The molecule has 8 heteroatoms. The predicted octanol–water partition coefficient (Wildman–Crippen LogP) is 6.79. The molecule has 0 spiro atoms. The van der Waals surface area contributed by atoms with Crippen LogP contribution in [0.4, 0.5) is 0 Å². The molecule has 0 radical (unpaired) electrons. The number of rotatable bonds is 15. The van der Waals surface area contributed by atoms with Crippen molar-refractivity contribution in [3.05, 3.63) is 114 Å². The van der Waals surface area contributed by atoms with E-state index in [0.29, 0.717) is 26.0 Å². The molecule has 6 rings (SSSR count). The van der Waals surface area contributed by atoms with Crippen molar-refractivity contribution in [2.75, 3.05) is 39.4 Å². The van der Waals surface area contributed by atoms with Gasteiger partial charge in [0, 0.05) is 22.7 Å². The fourth-order valence-corrected chi connectivity index (χ4v) is 7.23. The Bertz CT molecular complexity index is 1730. The van der Waals surface area contributed by atoms with Crippen molar-refractivity contribution in [2.24, 2.45) is 5.73 Å². The van der Waals surface area contributed by atoms with Gasteiger partial charge >= 0.3 is 0 Å². The summed E-state index contributed by atoms with van der Waals surface area (Å²) in [6.07, 6.45) is 4.53. The number of nitrogens with two attached hydrogens (primary N) is 1. The Morgan fingerprint density at radius 1 is 0.851 bits per heavy atom. The first-order valence-corrected chi connectivity index (χ1v) is 17.3. The van der Waals surface area contributed by atoms with Crippen LogP contribution in [0, 0.1) is 0 Å². The first kappa shape index (κ1) is 32.6. The van der Waals surface area contributed by atoms with Crippen LogP contribution < -0.4 is 20.5 Å². The number of phenols is 1. The van der Waals surface area contributed by atoms with E-state index in [4.69, 9.17) is 15.2 Å². The van der Waals surface area contributed by atoms with Crippen LogP contribution in [-0.2, 0) is 17.6 Å². The molecule has 5 aromatic rings. The molecule has 2 heterocycles. The highest BCUT2D eigenvalue weighted by Crippen LogP contribution is 2.40. The van der Waals surface area contributed by atoms with Gasteiger partial charge in [0.2, 0.25) is 5.91 Å². The van der Waals surface area contributed by atoms with Crippen molar-refractivity contribution in [3.8, 4) is 27.7 Å². The SMILES string of the molecule is N[C@@H](Cc1ccc(O)cc1)C(=O)NCCCOc1ccc(-c2sc3ccccc3c2Cc2ccc(OCCN3CCCC3)cc2)cc1. The number of phenolic OH excluding ortho intramolecular Hbond substituents is 1. The largest absolute Gasteiger partial charge is 0.508 e. The van der Waals surface area contributed by atoms with Gasteiger partial charge in [0.1, 0.15) is 23.9 Å². The molecule has 1 atom stereocenters. The number of nitrogens with one attached hydrogen (secondary N) is 1. The lowest BCUT2D eigenvalue weighted by molar-refractivity contribution is -0.122. The number of hydrogen-bond acceptors (Lipinski definition) is 7. The predicted molar refractivity (Wildman–Crippen MR) is 191 cm³/mol. The van der Waals surface area contributed by atoms with Gasteiger partial charge in [-0.05, 0) is 127 Å². The zero-order valence-electron chi connectivity index (χ0n) is 26.7. The molecule has 1 aliphatic rings. The Balaban J connectivity index is 1.01. The molecule has 0 bridgehead atoms. The topological polar surface area (TPSA) is 97.0 Å². The highest BCUT2D eigenvalue weighted by Gasteiger charge is 2.16. The standard InChI is InChI=1S/C39H43N3O4S/c40-36(27-29-8-14-31(43)15-9-29)39(44)41-20-5-24-45-33-18-12-30(13-19-33)38-35(34-6-1-2-7-37(34)47-38)26-28-10-16-32(17-11-28)46-25-23-42-21-3-4-22-42/h1-2,6-19,36,43H,3-5,20-27,40H2,(H,41,44)/t36-/m0/s1. The third-order valence-corrected chi connectivity index (χ3v) is 9.87. The summed E-state index contributed by atoms with van der Waals surface area (Å²) < 4.78 is 13.3. The smallest absolute Gasteiger partial charge is 0.237 e. The summed E-state index contributed by atoms with van der Waals surface area (Å²) in [6, 6.07) is 31.6. The van der Waals surface area contributed by atoms with E-state index in [1.165, 1.54) is 57.6 Å². The fraction of sp³-hybridized carbons (Fsp3) is 0.308. The molecule has 4 N–H and O–H groups in total. The molecule has 47 heavy (non-hydrogen) atoms. The summed E-state index contributed by atoms with van der Waals surface area (Å²) in [5.41, 5.74) is 10.7. The maximum absolute atomic E-state index is 12.4. The maximum Gasteiger partial charge on any atom is 0.237 e. The van der Waals surface area contributed by atoms with Crippen LogP contribution in [0.2, 0.25) is 0 Å². The third kappa shape index (κ3) is 8.92. The van der Waals surface area contributed by atoms with Gasteiger partial charge in [-0.15, -0.1) is 11.3 Å². The van der Waals surface area contributed by atoms with E-state index < -0.39 is 6.04 Å². The molecule has 0 unspecified atom stereocenters. The molecule has 7 nitrogen and oxygen atoms in total. The van der Waals surface area contributed by atoms with Crippen LogP contribution in [0.5, 0.6) is 17.2 Å². The number of carbonyl (C=O) groups is 1. The summed E-state index contributed by atoms with van der Waals surface area (Å²) in [6.45, 7) is 5.07. The highest BCUT2D eigenvalue weighted by atomic mass is 32.1. The minimum absolute atomic E-state index is 0.192. The van der Waals surface area contributed by atoms with E-state index >= 15 is 0 Å². The molecule has 244 valence electrons. The molecule has 1 saturated heterocycles. The summed E-state index contributed by atoms with van der Waals surface area (Å²) in [4.78, 5) is 16.1. The second-order valence-electron chi connectivity index (χ2n) is 12.1. The Hall–Kier alpha value is -4.37. The molecule has 1 amide bonds. The zero-order chi connectivity index (χ0) is 32.4. The summed E-state index contributed by atoms with van der Waals surface area (Å²) >= 11 is 1.83. The molecule has 1 aliphatic heterocycles. The Morgan fingerprint density at radius 2 is 1.51 bits per heavy atom. The van der Waals surface area contributed by atoms with Gasteiger partial charge in [-0.3, -0.25) is 9.69 Å². The molecule has 4 aromatic carbocycles. The van der Waals surface area contributed by atoms with Crippen molar-refractivity contribution in [1.29, 1.82) is 0 Å². The van der Waals surface area contributed by atoms with Crippen LogP contribution >= 0.6 is 11.3 Å². The van der Waals surface area contributed by atoms with Gasteiger partial charge in [0.15, 0.2) is 0 Å². The van der Waals surface area contributed by atoms with Crippen molar-refractivity contribution < 1.29 is 19.4 Å². The summed E-state index contributed by atoms with van der Waals surface area (Å²) in [7, 11) is 0. The average Bonchev–Trinajstić information content (AvgIpc) is 3.75. The van der Waals surface area contributed by atoms with E-state index in [1.807, 2.05) is 23.5 Å². The zero-order valence-corrected chi connectivity index (χ0v) is 27.5. The molecule has 0 aliphatic carbocycles. The van der Waals surface area contributed by atoms with Gasteiger partial charge in [0.05, 0.1) is 12.6 Å². The highest BCUT2D eigenvalue weighted by molar-refractivity contribution is 7.22. The van der Waals surface area contributed by atoms with Crippen LogP contribution in [0.3, 0.4) is 0 Å². The quantitative estimate of drug-likeness (QED) is 0.108. The Labute approximate surface area is 280 Å². The second-order valence-corrected chi connectivity index (χ2v) is 13.2. The van der Waals surface area contributed by atoms with E-state index in [-0.39, 0.29) is 11.7 Å². The van der Waals surface area contributed by atoms with Crippen molar-refractivity contribution in [2.45, 2.75) is 38.1 Å². The molecule has 1 aromatic heterocycles. The van der Waals surface area contributed by atoms with Gasteiger partial charge in [-0.25, -0.2) is 0 Å². The normalized spacial score (nSPS) is 13.9. The van der Waals surface area contributed by atoms with Gasteiger partial charge in [-0.2, -0.15) is 0 Å². The number of aromatic hydroxyl groups is 1. The molecular weight excluding hydrogens is 607 g/mol. The van der Waals surface area contributed by atoms with Crippen LogP contribution in [0.1, 0.15) is 36.0 Å². The van der Waals surface area contributed by atoms with Crippen LogP contribution in [-0.4, -0.2) is 61.3 Å². The molecule has 0 saturated carbocycles. The lowest BCUT2D eigenvalue weighted by atomic mass is 9.99. The maximum atomic E-state index is 12.4. The minimum atomic E-state index is -0.644. The third-order valence-electron chi connectivity index (χ3n) is 8.61. The van der Waals surface area contributed by atoms with E-state index in [2.05, 4.69) is 70.9 Å². The average molecular weight is 650 g/mol. The van der Waals surface area contributed by atoms with Crippen molar-refractivity contribution in [3.63, 3.8) is 0 Å². The monoisotopic (exact) mass is 649 g/mol.